The smallest absolute Gasteiger partial charge is 0.475 e. The maximum absolute atomic E-state index is 12.4. The van der Waals surface area contributed by atoms with Crippen LogP contribution in [-0.4, -0.2) is 71.2 Å². The van der Waals surface area contributed by atoms with Gasteiger partial charge in [-0.2, -0.15) is 26.3 Å². The Kier molecular flexibility index (Phi) is 9.19. The number of amides is 1. The van der Waals surface area contributed by atoms with Gasteiger partial charge in [0.25, 0.3) is 0 Å². The predicted molar refractivity (Wildman–Crippen MR) is 108 cm³/mol. The number of rotatable bonds is 2. The van der Waals surface area contributed by atoms with Crippen molar-refractivity contribution in [1.29, 1.82) is 0 Å². The van der Waals surface area contributed by atoms with Gasteiger partial charge in [-0.15, -0.1) is 11.8 Å². The average molecular weight is 517 g/mol. The quantitative estimate of drug-likeness (QED) is 0.378. The summed E-state index contributed by atoms with van der Waals surface area (Å²) in [7, 11) is 0. The van der Waals surface area contributed by atoms with Gasteiger partial charge in [-0.3, -0.25) is 10.1 Å². The van der Waals surface area contributed by atoms with Crippen LogP contribution >= 0.6 is 11.8 Å². The summed E-state index contributed by atoms with van der Waals surface area (Å²) < 4.78 is 63.5. The number of nitrogens with one attached hydrogen (secondary N) is 3. The van der Waals surface area contributed by atoms with Gasteiger partial charge in [0, 0.05) is 36.6 Å². The highest BCUT2D eigenvalue weighted by atomic mass is 32.2. The van der Waals surface area contributed by atoms with Crippen molar-refractivity contribution >= 4 is 29.6 Å². The normalized spacial score (nSPS) is 25.1. The summed E-state index contributed by atoms with van der Waals surface area (Å²) in [5, 5.41) is 24.3. The summed E-state index contributed by atoms with van der Waals surface area (Å²) in [4.78, 5) is 30.2. The monoisotopic (exact) mass is 517 g/mol. The van der Waals surface area contributed by atoms with Gasteiger partial charge in [-0.05, 0) is 11.1 Å². The molecule has 190 valence electrons. The largest absolute Gasteiger partial charge is 0.490 e. The zero-order valence-corrected chi connectivity index (χ0v) is 18.1. The van der Waals surface area contributed by atoms with Crippen molar-refractivity contribution in [2.45, 2.75) is 30.4 Å². The highest BCUT2D eigenvalue weighted by Gasteiger charge is 2.44. The van der Waals surface area contributed by atoms with E-state index in [2.05, 4.69) is 40.2 Å². The Morgan fingerprint density at radius 3 is 1.94 bits per heavy atom. The highest BCUT2D eigenvalue weighted by Crippen LogP contribution is 2.46. The van der Waals surface area contributed by atoms with Crippen molar-refractivity contribution in [3.05, 3.63) is 35.4 Å². The van der Waals surface area contributed by atoms with Gasteiger partial charge in [0.2, 0.25) is 5.91 Å². The number of halogens is 6. The summed E-state index contributed by atoms with van der Waals surface area (Å²) in [6.45, 7) is 2.03. The molecule has 4 atom stereocenters. The van der Waals surface area contributed by atoms with E-state index in [1.165, 1.54) is 11.1 Å². The first-order chi connectivity index (χ1) is 15.7. The van der Waals surface area contributed by atoms with Crippen molar-refractivity contribution in [1.82, 2.24) is 16.0 Å². The van der Waals surface area contributed by atoms with Crippen LogP contribution in [0.3, 0.4) is 0 Å². The van der Waals surface area contributed by atoms with Crippen molar-refractivity contribution in [2.24, 2.45) is 5.92 Å². The van der Waals surface area contributed by atoms with Gasteiger partial charge in [0.1, 0.15) is 0 Å². The van der Waals surface area contributed by atoms with Crippen LogP contribution in [0.4, 0.5) is 26.3 Å². The second-order valence-electron chi connectivity index (χ2n) is 7.42. The maximum atomic E-state index is 12.4. The fraction of sp³-hybridized carbons (Fsp3) is 0.526. The van der Waals surface area contributed by atoms with E-state index in [1.807, 2.05) is 0 Å². The number of hydrogen-bond donors (Lipinski definition) is 5. The topological polar surface area (TPSA) is 128 Å². The van der Waals surface area contributed by atoms with Crippen molar-refractivity contribution < 1.29 is 50.9 Å². The average Bonchev–Trinajstić information content (AvgIpc) is 3.47. The Balaban J connectivity index is 0.000000244. The van der Waals surface area contributed by atoms with Gasteiger partial charge in [-0.25, -0.2) is 9.59 Å². The molecule has 0 unspecified atom stereocenters. The minimum absolute atomic E-state index is 0.0272. The van der Waals surface area contributed by atoms with E-state index in [9.17, 15) is 31.1 Å². The molecule has 3 aliphatic rings. The predicted octanol–water partition coefficient (Wildman–Crippen LogP) is 2.09. The highest BCUT2D eigenvalue weighted by molar-refractivity contribution is 7.99. The van der Waals surface area contributed by atoms with Gasteiger partial charge in [0.05, 0.1) is 12.1 Å². The van der Waals surface area contributed by atoms with Gasteiger partial charge >= 0.3 is 24.3 Å². The van der Waals surface area contributed by atoms with Crippen molar-refractivity contribution in [3.8, 4) is 0 Å². The standard InChI is InChI=1S/C15H19N3OS.2C2HF3O2/c19-15(13-7-20-8-17-13)18-14-10-4-2-1-3-9(10)11-5-16-6-12(11)14;2*3-2(4,5)1(6)7/h1-4,11-14,16-17H,5-8H2,(H,18,19);2*(H,6,7)/t11-,12-,13-,14-;;/m0../s1. The summed E-state index contributed by atoms with van der Waals surface area (Å²) >= 11 is 1.79. The molecule has 0 bridgehead atoms. The molecular formula is C19H21F6N3O5S. The fourth-order valence-electron chi connectivity index (χ4n) is 3.75. The molecule has 1 aliphatic carbocycles. The molecule has 2 heterocycles. The number of hydrogen-bond acceptors (Lipinski definition) is 6. The third-order valence-corrected chi connectivity index (χ3v) is 6.18. The second-order valence-corrected chi connectivity index (χ2v) is 8.45. The summed E-state index contributed by atoms with van der Waals surface area (Å²) in [5.74, 6) is -2.53. The van der Waals surface area contributed by atoms with E-state index in [0.717, 1.165) is 24.7 Å². The van der Waals surface area contributed by atoms with E-state index in [-0.39, 0.29) is 18.0 Å². The summed E-state index contributed by atoms with van der Waals surface area (Å²) in [6, 6.07) is 8.72. The van der Waals surface area contributed by atoms with Gasteiger partial charge < -0.3 is 20.8 Å². The number of fused-ring (bicyclic) bond motifs is 3. The lowest BCUT2D eigenvalue weighted by molar-refractivity contribution is -0.193. The first-order valence-electron chi connectivity index (χ1n) is 9.74. The molecule has 2 fully saturated rings. The number of carboxylic acids is 2. The van der Waals surface area contributed by atoms with E-state index in [0.29, 0.717) is 11.8 Å². The van der Waals surface area contributed by atoms with Crippen LogP contribution in [0, 0.1) is 5.92 Å². The molecule has 0 spiro atoms. The summed E-state index contributed by atoms with van der Waals surface area (Å²) in [6.07, 6.45) is -10.2. The molecule has 34 heavy (non-hydrogen) atoms. The number of carboxylic acid groups (broad SMARTS) is 2. The molecule has 0 saturated carbocycles. The summed E-state index contributed by atoms with van der Waals surface area (Å²) in [5.41, 5.74) is 2.74. The van der Waals surface area contributed by atoms with Crippen LogP contribution in [0.1, 0.15) is 23.1 Å². The Labute approximate surface area is 193 Å². The molecule has 5 N–H and O–H groups in total. The molecule has 0 radical (unpaired) electrons. The number of alkyl halides is 6. The molecule has 8 nitrogen and oxygen atoms in total. The van der Waals surface area contributed by atoms with Crippen LogP contribution in [0.25, 0.3) is 0 Å². The van der Waals surface area contributed by atoms with E-state index >= 15 is 0 Å². The molecule has 1 amide bonds. The van der Waals surface area contributed by atoms with E-state index < -0.39 is 24.3 Å². The number of aliphatic carboxylic acids is 2. The second kappa shape index (κ2) is 11.3. The molecule has 1 aromatic rings. The Bertz CT molecular complexity index is 868. The van der Waals surface area contributed by atoms with E-state index in [1.54, 1.807) is 11.8 Å². The van der Waals surface area contributed by atoms with Crippen LogP contribution in [0.2, 0.25) is 0 Å². The number of thioether (sulfide) groups is 1. The molecule has 1 aromatic carbocycles. The third kappa shape index (κ3) is 7.24. The van der Waals surface area contributed by atoms with Crippen LogP contribution in [0.5, 0.6) is 0 Å². The minimum atomic E-state index is -5.08. The Hall–Kier alpha value is -2.52. The van der Waals surface area contributed by atoms with Gasteiger partial charge in [0.15, 0.2) is 0 Å². The molecule has 2 saturated heterocycles. The first kappa shape index (κ1) is 27.7. The molecule has 4 rings (SSSR count). The fourth-order valence-corrected chi connectivity index (χ4v) is 4.70. The molecule has 2 aliphatic heterocycles. The lowest BCUT2D eigenvalue weighted by Crippen LogP contribution is -2.44. The zero-order valence-electron chi connectivity index (χ0n) is 17.2. The van der Waals surface area contributed by atoms with Crippen molar-refractivity contribution in [2.75, 3.05) is 24.7 Å². The van der Waals surface area contributed by atoms with Crippen LogP contribution in [-0.2, 0) is 14.4 Å². The molecule has 15 heteroatoms. The van der Waals surface area contributed by atoms with Crippen molar-refractivity contribution in [3.63, 3.8) is 0 Å². The Morgan fingerprint density at radius 1 is 0.941 bits per heavy atom. The minimum Gasteiger partial charge on any atom is -0.475 e. The molecular weight excluding hydrogens is 496 g/mol. The Morgan fingerprint density at radius 2 is 1.47 bits per heavy atom. The SMILES string of the molecule is O=C(N[C@H]1c2ccccc2[C@@H]2CNC[C@@H]21)[C@@H]1CSCN1.O=C(O)C(F)(F)F.O=C(O)C(F)(F)F. The maximum Gasteiger partial charge on any atom is 0.490 e. The number of benzene rings is 1. The van der Waals surface area contributed by atoms with E-state index in [4.69, 9.17) is 19.8 Å². The lowest BCUT2D eigenvalue weighted by atomic mass is 9.94. The number of carbonyl (C=O) groups is 3. The number of carbonyl (C=O) groups excluding carboxylic acids is 1. The zero-order chi connectivity index (χ0) is 25.7. The first-order valence-corrected chi connectivity index (χ1v) is 10.9. The van der Waals surface area contributed by atoms with Crippen LogP contribution in [0.15, 0.2) is 24.3 Å². The lowest BCUT2D eigenvalue weighted by Gasteiger charge is -2.22. The van der Waals surface area contributed by atoms with Gasteiger partial charge in [-0.1, -0.05) is 24.3 Å². The molecule has 0 aromatic heterocycles. The van der Waals surface area contributed by atoms with Crippen LogP contribution < -0.4 is 16.0 Å². The third-order valence-electron chi connectivity index (χ3n) is 5.24.